The van der Waals surface area contributed by atoms with E-state index in [9.17, 15) is 23.1 Å². The molecule has 1 N–H and O–H groups in total. The number of alkyl halides is 3. The van der Waals surface area contributed by atoms with Crippen molar-refractivity contribution < 1.29 is 32.5 Å². The Morgan fingerprint density at radius 3 is 2.41 bits per heavy atom. The van der Waals surface area contributed by atoms with Crippen molar-refractivity contribution in [3.8, 4) is 5.75 Å². The largest absolute Gasteiger partial charge is 0.496 e. The minimum atomic E-state index is -4.69. The zero-order valence-electron chi connectivity index (χ0n) is 11.9. The fourth-order valence-electron chi connectivity index (χ4n) is 2.14. The third-order valence-electron chi connectivity index (χ3n) is 3.23. The summed E-state index contributed by atoms with van der Waals surface area (Å²) in [5, 5.41) is 10.0. The zero-order valence-corrected chi connectivity index (χ0v) is 11.9. The van der Waals surface area contributed by atoms with Gasteiger partial charge in [-0.3, -0.25) is 9.69 Å². The Morgan fingerprint density at radius 1 is 1.32 bits per heavy atom. The van der Waals surface area contributed by atoms with Gasteiger partial charge in [-0.25, -0.2) is 4.98 Å². The van der Waals surface area contributed by atoms with Crippen molar-refractivity contribution in [2.45, 2.75) is 19.3 Å². The molecule has 6 nitrogen and oxygen atoms in total. The third-order valence-corrected chi connectivity index (χ3v) is 3.23. The van der Waals surface area contributed by atoms with Gasteiger partial charge < -0.3 is 14.6 Å². The number of rotatable bonds is 3. The molecule has 1 amide bonds. The van der Waals surface area contributed by atoms with Crippen molar-refractivity contribution in [1.82, 2.24) is 4.98 Å². The molecular weight excluding hydrogens is 305 g/mol. The van der Waals surface area contributed by atoms with Crippen LogP contribution in [0.1, 0.15) is 12.5 Å². The summed E-state index contributed by atoms with van der Waals surface area (Å²) in [5.74, 6) is -1.54. The van der Waals surface area contributed by atoms with E-state index in [1.54, 1.807) is 0 Å². The fraction of sp³-hybridized carbons (Fsp3) is 0.385. The number of aromatic nitrogens is 1. The van der Waals surface area contributed by atoms with E-state index in [0.29, 0.717) is 6.07 Å². The minimum absolute atomic E-state index is 0.0313. The minimum Gasteiger partial charge on any atom is -0.496 e. The molecule has 2 heterocycles. The molecule has 0 aromatic carbocycles. The number of carbonyl (C=O) groups is 1. The Kier molecular flexibility index (Phi) is 4.01. The first-order chi connectivity index (χ1) is 10.2. The number of hydrogen-bond donors (Lipinski definition) is 1. The smallest absolute Gasteiger partial charge is 0.420 e. The predicted molar refractivity (Wildman–Crippen MR) is 69.0 cm³/mol. The molecule has 1 unspecified atom stereocenters. The number of aliphatic hydroxyl groups is 1. The van der Waals surface area contributed by atoms with Crippen LogP contribution in [0, 0.1) is 0 Å². The Balaban J connectivity index is 2.50. The van der Waals surface area contributed by atoms with Crippen molar-refractivity contribution in [2.24, 2.45) is 0 Å². The summed E-state index contributed by atoms with van der Waals surface area (Å²) in [6.45, 7) is 1.40. The van der Waals surface area contributed by atoms with Gasteiger partial charge in [0.2, 0.25) is 0 Å². The topological polar surface area (TPSA) is 71.9 Å². The molecule has 0 saturated heterocycles. The number of methoxy groups -OCH3 is 2. The highest BCUT2D eigenvalue weighted by Gasteiger charge is 2.41. The van der Waals surface area contributed by atoms with E-state index in [1.807, 2.05) is 0 Å². The standard InChI is InChI=1S/C13H13F3N2O4/c1-6-10(22-3)12(20)18(11(6)19)9-4-7(13(14,15)16)8(21-2)5-17-9/h4-5,12,20H,1-3H3. The van der Waals surface area contributed by atoms with Gasteiger partial charge in [-0.1, -0.05) is 0 Å². The van der Waals surface area contributed by atoms with Crippen LogP contribution in [-0.4, -0.2) is 36.4 Å². The number of ether oxygens (including phenoxy) is 2. The van der Waals surface area contributed by atoms with Crippen LogP contribution in [0.2, 0.25) is 0 Å². The lowest BCUT2D eigenvalue weighted by molar-refractivity contribution is -0.138. The average Bonchev–Trinajstić information content (AvgIpc) is 2.67. The summed E-state index contributed by atoms with van der Waals surface area (Å²) in [6.07, 6.45) is -5.37. The highest BCUT2D eigenvalue weighted by atomic mass is 19.4. The van der Waals surface area contributed by atoms with Gasteiger partial charge in [-0.15, -0.1) is 0 Å². The molecule has 0 fully saturated rings. The summed E-state index contributed by atoms with van der Waals surface area (Å²) >= 11 is 0. The molecule has 0 bridgehead atoms. The molecule has 1 aromatic heterocycles. The maximum Gasteiger partial charge on any atom is 0.420 e. The molecule has 120 valence electrons. The van der Waals surface area contributed by atoms with Gasteiger partial charge in [0.25, 0.3) is 5.91 Å². The Bertz CT molecular complexity index is 643. The molecule has 1 aliphatic heterocycles. The van der Waals surface area contributed by atoms with Crippen molar-refractivity contribution >= 4 is 11.7 Å². The van der Waals surface area contributed by atoms with Crippen molar-refractivity contribution in [3.63, 3.8) is 0 Å². The second-order valence-electron chi connectivity index (χ2n) is 4.48. The molecule has 1 atom stereocenters. The summed E-state index contributed by atoms with van der Waals surface area (Å²) < 4.78 is 48.5. The SMILES string of the molecule is COC1=C(C)C(=O)N(c2cc(C(F)(F)F)c(OC)cn2)C1O. The second-order valence-corrected chi connectivity index (χ2v) is 4.48. The van der Waals surface area contributed by atoms with E-state index < -0.39 is 29.6 Å². The summed E-state index contributed by atoms with van der Waals surface area (Å²) in [5.41, 5.74) is -0.996. The molecule has 0 spiro atoms. The number of halogens is 3. The van der Waals surface area contributed by atoms with E-state index in [-0.39, 0.29) is 17.2 Å². The molecule has 1 aliphatic rings. The molecule has 2 rings (SSSR count). The van der Waals surface area contributed by atoms with E-state index in [1.165, 1.54) is 14.0 Å². The third kappa shape index (κ3) is 2.47. The number of amides is 1. The number of pyridine rings is 1. The first-order valence-electron chi connectivity index (χ1n) is 6.10. The lowest BCUT2D eigenvalue weighted by atomic mass is 10.2. The van der Waals surface area contributed by atoms with Crippen LogP contribution in [0.25, 0.3) is 0 Å². The first-order valence-corrected chi connectivity index (χ1v) is 6.10. The van der Waals surface area contributed by atoms with E-state index >= 15 is 0 Å². The van der Waals surface area contributed by atoms with Gasteiger partial charge >= 0.3 is 6.18 Å². The highest BCUT2D eigenvalue weighted by molar-refractivity contribution is 6.08. The molecule has 22 heavy (non-hydrogen) atoms. The van der Waals surface area contributed by atoms with Crippen LogP contribution in [0.3, 0.4) is 0 Å². The molecular formula is C13H13F3N2O4. The number of anilines is 1. The summed E-state index contributed by atoms with van der Waals surface area (Å²) in [6, 6.07) is 0.645. The van der Waals surface area contributed by atoms with Crippen LogP contribution in [-0.2, 0) is 15.7 Å². The van der Waals surface area contributed by atoms with Crippen molar-refractivity contribution in [2.75, 3.05) is 19.1 Å². The van der Waals surface area contributed by atoms with Gasteiger partial charge in [0.15, 0.2) is 12.0 Å². The normalized spacial score (nSPS) is 19.0. The number of aliphatic hydroxyl groups excluding tert-OH is 1. The molecule has 0 saturated carbocycles. The first kappa shape index (κ1) is 16.1. The van der Waals surface area contributed by atoms with Crippen LogP contribution in [0.15, 0.2) is 23.6 Å². The molecule has 9 heteroatoms. The lowest BCUT2D eigenvalue weighted by Gasteiger charge is -2.22. The van der Waals surface area contributed by atoms with Crippen LogP contribution in [0.4, 0.5) is 19.0 Å². The van der Waals surface area contributed by atoms with E-state index in [2.05, 4.69) is 9.72 Å². The second kappa shape index (κ2) is 5.48. The number of carbonyl (C=O) groups excluding carboxylic acids is 1. The Morgan fingerprint density at radius 2 is 1.95 bits per heavy atom. The molecule has 1 aromatic rings. The Labute approximate surface area is 123 Å². The zero-order chi connectivity index (χ0) is 16.7. The monoisotopic (exact) mass is 318 g/mol. The van der Waals surface area contributed by atoms with Crippen molar-refractivity contribution in [1.29, 1.82) is 0 Å². The fourth-order valence-corrected chi connectivity index (χ4v) is 2.14. The van der Waals surface area contributed by atoms with Gasteiger partial charge in [0, 0.05) is 0 Å². The quantitative estimate of drug-likeness (QED) is 0.918. The average molecular weight is 318 g/mol. The highest BCUT2D eigenvalue weighted by Crippen LogP contribution is 2.39. The van der Waals surface area contributed by atoms with Crippen LogP contribution < -0.4 is 9.64 Å². The predicted octanol–water partition coefficient (Wildman–Crippen LogP) is 1.69. The maximum atomic E-state index is 13.0. The van der Waals surface area contributed by atoms with Crippen molar-refractivity contribution in [3.05, 3.63) is 29.2 Å². The maximum absolute atomic E-state index is 13.0. The molecule has 0 radical (unpaired) electrons. The van der Waals surface area contributed by atoms with E-state index in [0.717, 1.165) is 18.2 Å². The molecule has 0 aliphatic carbocycles. The van der Waals surface area contributed by atoms with Crippen LogP contribution in [0.5, 0.6) is 5.75 Å². The van der Waals surface area contributed by atoms with Gasteiger partial charge in [-0.05, 0) is 13.0 Å². The van der Waals surface area contributed by atoms with Gasteiger partial charge in [-0.2, -0.15) is 13.2 Å². The Hall–Kier alpha value is -2.29. The summed E-state index contributed by atoms with van der Waals surface area (Å²) in [4.78, 5) is 16.5. The summed E-state index contributed by atoms with van der Waals surface area (Å²) in [7, 11) is 2.33. The number of nitrogens with zero attached hydrogens (tertiary/aromatic N) is 2. The number of hydrogen-bond acceptors (Lipinski definition) is 5. The lowest BCUT2D eigenvalue weighted by Crippen LogP contribution is -2.36. The van der Waals surface area contributed by atoms with Gasteiger partial charge in [0.05, 0.1) is 26.0 Å². The van der Waals surface area contributed by atoms with Gasteiger partial charge in [0.1, 0.15) is 17.1 Å². The van der Waals surface area contributed by atoms with Crippen LogP contribution >= 0.6 is 0 Å². The van der Waals surface area contributed by atoms with E-state index in [4.69, 9.17) is 4.74 Å².